The fraction of sp³-hybridized carbons (Fsp3) is 0.296. The molecule has 34 heavy (non-hydrogen) atoms. The van der Waals surface area contributed by atoms with E-state index in [-0.39, 0.29) is 5.04 Å². The minimum Gasteiger partial charge on any atom is -0.429 e. The van der Waals surface area contributed by atoms with E-state index in [1.165, 1.54) is 10.4 Å². The van der Waals surface area contributed by atoms with Crippen molar-refractivity contribution in [2.45, 2.75) is 32.2 Å². The van der Waals surface area contributed by atoms with Gasteiger partial charge in [0, 0.05) is 20.7 Å². The lowest BCUT2D eigenvalue weighted by Crippen LogP contribution is -2.66. The minimum atomic E-state index is -2.59. The van der Waals surface area contributed by atoms with E-state index >= 15 is 0 Å². The second kappa shape index (κ2) is 11.2. The Morgan fingerprint density at radius 3 is 1.76 bits per heavy atom. The smallest absolute Gasteiger partial charge is 0.264 e. The normalized spacial score (nSPS) is 11.9. The van der Waals surface area contributed by atoms with Crippen molar-refractivity contribution in [2.24, 2.45) is 0 Å². The van der Waals surface area contributed by atoms with Gasteiger partial charge in [0.15, 0.2) is 5.75 Å². The van der Waals surface area contributed by atoms with E-state index in [0.29, 0.717) is 34.0 Å². The van der Waals surface area contributed by atoms with Crippen LogP contribution in [0.5, 0.6) is 5.75 Å². The molecule has 3 rings (SSSR count). The molecule has 3 nitrogen and oxygen atoms in total. The summed E-state index contributed by atoms with van der Waals surface area (Å²) in [6, 6.07) is 25.0. The topological polar surface area (TPSA) is 21.7 Å². The Morgan fingerprint density at radius 2 is 1.35 bits per heavy atom. The van der Waals surface area contributed by atoms with Crippen molar-refractivity contribution in [1.29, 1.82) is 0 Å². The molecule has 0 atom stereocenters. The fourth-order valence-electron chi connectivity index (χ4n) is 4.12. The van der Waals surface area contributed by atoms with Gasteiger partial charge in [0.1, 0.15) is 0 Å². The zero-order chi connectivity index (χ0) is 24.9. The Kier molecular flexibility index (Phi) is 8.82. The Labute approximate surface area is 219 Å². The molecule has 0 bridgehead atoms. The predicted octanol–water partition coefficient (Wildman–Crippen LogP) is 6.34. The van der Waals surface area contributed by atoms with Crippen molar-refractivity contribution in [3.8, 4) is 5.75 Å². The number of hydrogen-bond donors (Lipinski definition) is 0. The van der Waals surface area contributed by atoms with Gasteiger partial charge in [-0.1, -0.05) is 105 Å². The van der Waals surface area contributed by atoms with Crippen LogP contribution >= 0.6 is 35.4 Å². The zero-order valence-corrected chi connectivity index (χ0v) is 23.6. The van der Waals surface area contributed by atoms with Crippen LogP contribution in [0.25, 0.3) is 0 Å². The van der Waals surface area contributed by atoms with Gasteiger partial charge >= 0.3 is 0 Å². The van der Waals surface area contributed by atoms with Gasteiger partial charge < -0.3 is 14.1 Å². The summed E-state index contributed by atoms with van der Waals surface area (Å²) in [5.74, 6) is 0.374. The molecule has 0 aliphatic carbocycles. The van der Waals surface area contributed by atoms with Gasteiger partial charge in [0.05, 0.1) is 10.0 Å². The standard InChI is InChI=1S/C27H31Cl2NO2SSi/c1-27(2,3)34(21-12-8-6-9-13-21,22-14-10-7-11-15-22)31-17-16-20-18-23(28)25(24(29)19-20)32-26(33)30(4)5/h6-15,18-19H,16-17H2,1-5H3. The summed E-state index contributed by atoms with van der Waals surface area (Å²) in [5, 5.41) is 3.59. The molecule has 0 spiro atoms. The van der Waals surface area contributed by atoms with Crippen LogP contribution < -0.4 is 15.1 Å². The van der Waals surface area contributed by atoms with Crippen LogP contribution in [0, 0.1) is 0 Å². The lowest BCUT2D eigenvalue weighted by atomic mass is 10.1. The molecule has 0 aliphatic heterocycles. The van der Waals surface area contributed by atoms with Crippen LogP contribution in [-0.2, 0) is 10.8 Å². The molecular weight excluding hydrogens is 501 g/mol. The summed E-state index contributed by atoms with van der Waals surface area (Å²) in [5.41, 5.74) is 0.982. The Hall–Kier alpha value is -1.89. The van der Waals surface area contributed by atoms with E-state index in [9.17, 15) is 0 Å². The third kappa shape index (κ3) is 5.84. The molecule has 0 unspecified atom stereocenters. The van der Waals surface area contributed by atoms with Crippen LogP contribution in [0.4, 0.5) is 0 Å². The summed E-state index contributed by atoms with van der Waals surface area (Å²) in [4.78, 5) is 1.69. The molecule has 3 aromatic carbocycles. The minimum absolute atomic E-state index is 0.0788. The molecule has 0 heterocycles. The number of rotatable bonds is 7. The molecule has 0 saturated carbocycles. The number of nitrogens with zero attached hydrogens (tertiary/aromatic N) is 1. The second-order valence-electron chi connectivity index (χ2n) is 9.41. The highest BCUT2D eigenvalue weighted by Gasteiger charge is 2.49. The van der Waals surface area contributed by atoms with Gasteiger partial charge in [-0.15, -0.1) is 0 Å². The third-order valence-electron chi connectivity index (χ3n) is 5.74. The first kappa shape index (κ1) is 26.7. The lowest BCUT2D eigenvalue weighted by Gasteiger charge is -2.43. The molecule has 0 saturated heterocycles. The van der Waals surface area contributed by atoms with Crippen LogP contribution in [0.1, 0.15) is 26.3 Å². The number of halogens is 2. The van der Waals surface area contributed by atoms with Gasteiger partial charge in [0.25, 0.3) is 13.5 Å². The highest BCUT2D eigenvalue weighted by atomic mass is 35.5. The summed E-state index contributed by atoms with van der Waals surface area (Å²) in [6.45, 7) is 7.35. The Balaban J connectivity index is 1.89. The monoisotopic (exact) mass is 531 g/mol. The number of hydrogen-bond acceptors (Lipinski definition) is 3. The van der Waals surface area contributed by atoms with Gasteiger partial charge in [-0.2, -0.15) is 0 Å². The summed E-state index contributed by atoms with van der Waals surface area (Å²) >= 11 is 18.2. The van der Waals surface area contributed by atoms with E-state index < -0.39 is 8.32 Å². The van der Waals surface area contributed by atoms with E-state index in [0.717, 1.165) is 5.56 Å². The van der Waals surface area contributed by atoms with Crippen LogP contribution in [0.3, 0.4) is 0 Å². The van der Waals surface area contributed by atoms with Crippen molar-refractivity contribution in [1.82, 2.24) is 4.90 Å². The number of benzene rings is 3. The van der Waals surface area contributed by atoms with Crippen molar-refractivity contribution in [3.05, 3.63) is 88.4 Å². The predicted molar refractivity (Wildman–Crippen MR) is 151 cm³/mol. The quantitative estimate of drug-likeness (QED) is 0.262. The maximum Gasteiger partial charge on any atom is 0.264 e. The van der Waals surface area contributed by atoms with Crippen LogP contribution in [0.15, 0.2) is 72.8 Å². The van der Waals surface area contributed by atoms with Gasteiger partial charge in [-0.05, 0) is 51.7 Å². The maximum absolute atomic E-state index is 6.97. The molecular formula is C27H31Cl2NO2SSi. The van der Waals surface area contributed by atoms with E-state index in [1.54, 1.807) is 19.0 Å². The summed E-state index contributed by atoms with van der Waals surface area (Å²) in [6.07, 6.45) is 0.669. The van der Waals surface area contributed by atoms with Crippen molar-refractivity contribution >= 4 is 59.3 Å². The van der Waals surface area contributed by atoms with Gasteiger partial charge in [-0.25, -0.2) is 0 Å². The number of thiocarbonyl (C=S) groups is 1. The first-order valence-electron chi connectivity index (χ1n) is 11.2. The zero-order valence-electron chi connectivity index (χ0n) is 20.3. The van der Waals surface area contributed by atoms with Crippen molar-refractivity contribution in [3.63, 3.8) is 0 Å². The molecule has 0 radical (unpaired) electrons. The number of ether oxygens (including phenoxy) is 1. The molecule has 0 aromatic heterocycles. The summed E-state index contributed by atoms with van der Waals surface area (Å²) < 4.78 is 12.7. The van der Waals surface area contributed by atoms with Crippen molar-refractivity contribution < 1.29 is 9.16 Å². The van der Waals surface area contributed by atoms with E-state index in [4.69, 9.17) is 44.6 Å². The average Bonchev–Trinajstić information content (AvgIpc) is 2.79. The third-order valence-corrected chi connectivity index (χ3v) is 11.8. The Bertz CT molecular complexity index is 1060. The average molecular weight is 533 g/mol. The highest BCUT2D eigenvalue weighted by molar-refractivity contribution is 7.80. The lowest BCUT2D eigenvalue weighted by molar-refractivity contribution is 0.302. The fourth-order valence-corrected chi connectivity index (χ4v) is 9.37. The van der Waals surface area contributed by atoms with E-state index in [1.807, 2.05) is 24.3 Å². The highest BCUT2D eigenvalue weighted by Crippen LogP contribution is 2.38. The largest absolute Gasteiger partial charge is 0.429 e. The second-order valence-corrected chi connectivity index (χ2v) is 14.9. The van der Waals surface area contributed by atoms with Gasteiger partial charge in [0.2, 0.25) is 0 Å². The van der Waals surface area contributed by atoms with Crippen molar-refractivity contribution in [2.75, 3.05) is 20.7 Å². The summed E-state index contributed by atoms with van der Waals surface area (Å²) in [7, 11) is 1.02. The molecule has 0 fully saturated rings. The molecule has 0 amide bonds. The van der Waals surface area contributed by atoms with Crippen LogP contribution in [-0.4, -0.2) is 39.1 Å². The molecule has 0 aliphatic rings. The Morgan fingerprint density at radius 1 is 0.882 bits per heavy atom. The van der Waals surface area contributed by atoms with Gasteiger partial charge in [-0.3, -0.25) is 0 Å². The van der Waals surface area contributed by atoms with E-state index in [2.05, 4.69) is 69.3 Å². The SMILES string of the molecule is CN(C)C(=S)Oc1c(Cl)cc(CCO[Si](c2ccccc2)(c2ccccc2)C(C)(C)C)cc1Cl. The molecule has 180 valence electrons. The molecule has 0 N–H and O–H groups in total. The van der Waals surface area contributed by atoms with Crippen LogP contribution in [0.2, 0.25) is 15.1 Å². The first-order valence-corrected chi connectivity index (χ1v) is 14.3. The molecule has 3 aromatic rings. The first-order chi connectivity index (χ1) is 16.1. The maximum atomic E-state index is 6.97. The molecule has 7 heteroatoms.